The van der Waals surface area contributed by atoms with E-state index in [0.29, 0.717) is 0 Å². The van der Waals surface area contributed by atoms with Crippen molar-refractivity contribution in [1.29, 1.82) is 0 Å². The summed E-state index contributed by atoms with van der Waals surface area (Å²) in [5, 5.41) is 4.71. The fourth-order valence-electron chi connectivity index (χ4n) is 3.36. The summed E-state index contributed by atoms with van der Waals surface area (Å²) >= 11 is 0. The minimum atomic E-state index is 0.965. The highest BCUT2D eigenvalue weighted by Gasteiger charge is 1.95. The van der Waals surface area contributed by atoms with Crippen molar-refractivity contribution in [3.8, 4) is 0 Å². The first-order valence-corrected chi connectivity index (χ1v) is 11.1. The number of rotatable bonds is 1. The SMILES string of the molecule is C=C/C(C)=c1/cncc/c1=C/C.Cc1ccnc2cccnc12.Cc1nccc2ccncc12. The molecule has 0 radical (unpaired) electrons. The summed E-state index contributed by atoms with van der Waals surface area (Å²) < 4.78 is 0. The molecule has 0 aliphatic heterocycles. The third-order valence-electron chi connectivity index (χ3n) is 5.36. The third kappa shape index (κ3) is 6.17. The molecule has 0 spiro atoms. The lowest BCUT2D eigenvalue weighted by molar-refractivity contribution is 1.22. The van der Waals surface area contributed by atoms with Gasteiger partial charge in [-0.3, -0.25) is 24.9 Å². The van der Waals surface area contributed by atoms with Gasteiger partial charge in [0.2, 0.25) is 0 Å². The van der Waals surface area contributed by atoms with Gasteiger partial charge < -0.3 is 0 Å². The van der Waals surface area contributed by atoms with Gasteiger partial charge in [0.25, 0.3) is 0 Å². The van der Waals surface area contributed by atoms with E-state index in [0.717, 1.165) is 32.9 Å². The summed E-state index contributed by atoms with van der Waals surface area (Å²) in [5.74, 6) is 0. The van der Waals surface area contributed by atoms with Crippen LogP contribution in [0.25, 0.3) is 33.5 Å². The molecule has 0 saturated heterocycles. The van der Waals surface area contributed by atoms with E-state index in [1.54, 1.807) is 24.8 Å². The van der Waals surface area contributed by atoms with Crippen LogP contribution in [0.3, 0.4) is 0 Å². The first kappa shape index (κ1) is 24.4. The van der Waals surface area contributed by atoms with E-state index in [4.69, 9.17) is 0 Å². The number of allylic oxidation sites excluding steroid dienone is 1. The van der Waals surface area contributed by atoms with Crippen LogP contribution in [-0.2, 0) is 0 Å². The summed E-state index contributed by atoms with van der Waals surface area (Å²) in [5.41, 5.74) is 5.34. The maximum Gasteiger partial charge on any atom is 0.0915 e. The molecule has 0 unspecified atom stereocenters. The Labute approximate surface area is 200 Å². The lowest BCUT2D eigenvalue weighted by Gasteiger charge is -1.97. The Kier molecular flexibility index (Phi) is 8.69. The zero-order chi connectivity index (χ0) is 24.3. The van der Waals surface area contributed by atoms with Crippen molar-refractivity contribution in [2.24, 2.45) is 0 Å². The molecule has 0 saturated carbocycles. The van der Waals surface area contributed by atoms with E-state index < -0.39 is 0 Å². The van der Waals surface area contributed by atoms with Crippen LogP contribution in [0.1, 0.15) is 25.1 Å². The van der Waals surface area contributed by atoms with Crippen LogP contribution in [-0.4, -0.2) is 24.9 Å². The average Bonchev–Trinajstić information content (AvgIpc) is 2.89. The molecule has 5 heteroatoms. The van der Waals surface area contributed by atoms with Crippen molar-refractivity contribution in [2.45, 2.75) is 27.7 Å². The molecule has 0 aliphatic carbocycles. The molecule has 0 atom stereocenters. The molecular weight excluding hydrogens is 418 g/mol. The van der Waals surface area contributed by atoms with E-state index in [1.807, 2.05) is 88.8 Å². The average molecular weight is 448 g/mol. The fourth-order valence-corrected chi connectivity index (χ4v) is 3.36. The smallest absolute Gasteiger partial charge is 0.0915 e. The topological polar surface area (TPSA) is 64.5 Å². The monoisotopic (exact) mass is 447 g/mol. The molecule has 34 heavy (non-hydrogen) atoms. The molecule has 5 aromatic rings. The first-order chi connectivity index (χ1) is 16.5. The van der Waals surface area contributed by atoms with Crippen molar-refractivity contribution in [1.82, 2.24) is 24.9 Å². The summed E-state index contributed by atoms with van der Waals surface area (Å²) in [6.45, 7) is 11.8. The normalized spacial score (nSPS) is 11.7. The van der Waals surface area contributed by atoms with Gasteiger partial charge >= 0.3 is 0 Å². The number of nitrogens with zero attached hydrogens (tertiary/aromatic N) is 5. The highest BCUT2D eigenvalue weighted by atomic mass is 14.7. The Balaban J connectivity index is 0.000000143. The van der Waals surface area contributed by atoms with Crippen LogP contribution in [0.15, 0.2) is 92.4 Å². The molecule has 0 bridgehead atoms. The second-order valence-corrected chi connectivity index (χ2v) is 7.63. The Morgan fingerprint density at radius 1 is 0.824 bits per heavy atom. The second kappa shape index (κ2) is 12.1. The van der Waals surface area contributed by atoms with Crippen molar-refractivity contribution in [3.63, 3.8) is 0 Å². The molecule has 5 aromatic heterocycles. The van der Waals surface area contributed by atoms with E-state index >= 15 is 0 Å². The highest BCUT2D eigenvalue weighted by Crippen LogP contribution is 2.13. The Bertz CT molecular complexity index is 1440. The van der Waals surface area contributed by atoms with Crippen LogP contribution >= 0.6 is 0 Å². The molecule has 5 heterocycles. The summed E-state index contributed by atoms with van der Waals surface area (Å²) in [4.78, 5) is 20.7. The lowest BCUT2D eigenvalue weighted by Crippen LogP contribution is -2.25. The van der Waals surface area contributed by atoms with E-state index in [1.165, 1.54) is 16.2 Å². The van der Waals surface area contributed by atoms with Gasteiger partial charge in [0, 0.05) is 59.7 Å². The largest absolute Gasteiger partial charge is 0.264 e. The number of fused-ring (bicyclic) bond motifs is 2. The quantitative estimate of drug-likeness (QED) is 0.357. The van der Waals surface area contributed by atoms with Crippen molar-refractivity contribution in [2.75, 3.05) is 0 Å². The molecule has 0 aromatic carbocycles. The third-order valence-corrected chi connectivity index (χ3v) is 5.36. The number of hydrogen-bond acceptors (Lipinski definition) is 5. The minimum absolute atomic E-state index is 0.965. The van der Waals surface area contributed by atoms with Crippen molar-refractivity contribution in [3.05, 3.63) is 114 Å². The first-order valence-electron chi connectivity index (χ1n) is 11.1. The van der Waals surface area contributed by atoms with Gasteiger partial charge in [0.05, 0.1) is 11.0 Å². The highest BCUT2D eigenvalue weighted by molar-refractivity contribution is 5.82. The Hall–Kier alpha value is -4.25. The summed E-state index contributed by atoms with van der Waals surface area (Å²) in [7, 11) is 0. The maximum atomic E-state index is 4.22. The van der Waals surface area contributed by atoms with Gasteiger partial charge in [-0.25, -0.2) is 0 Å². The van der Waals surface area contributed by atoms with E-state index in [9.17, 15) is 0 Å². The van der Waals surface area contributed by atoms with Gasteiger partial charge in [-0.1, -0.05) is 18.7 Å². The number of hydrogen-bond donors (Lipinski definition) is 0. The lowest BCUT2D eigenvalue weighted by atomic mass is 10.2. The maximum absolute atomic E-state index is 4.22. The summed E-state index contributed by atoms with van der Waals surface area (Å²) in [6, 6.07) is 11.8. The van der Waals surface area contributed by atoms with Crippen LogP contribution in [0.5, 0.6) is 0 Å². The molecule has 5 rings (SSSR count). The van der Waals surface area contributed by atoms with Crippen LogP contribution in [0, 0.1) is 13.8 Å². The van der Waals surface area contributed by atoms with Gasteiger partial charge in [0.15, 0.2) is 0 Å². The number of aromatic nitrogens is 5. The zero-order valence-corrected chi connectivity index (χ0v) is 20.1. The summed E-state index contributed by atoms with van der Waals surface area (Å²) in [6.07, 6.45) is 16.6. The number of pyridine rings is 5. The van der Waals surface area contributed by atoms with E-state index in [-0.39, 0.29) is 0 Å². The zero-order valence-electron chi connectivity index (χ0n) is 20.1. The van der Waals surface area contributed by atoms with Gasteiger partial charge in [0.1, 0.15) is 0 Å². The predicted octanol–water partition coefficient (Wildman–Crippen LogP) is 5.12. The van der Waals surface area contributed by atoms with Crippen molar-refractivity contribution < 1.29 is 0 Å². The molecule has 5 nitrogen and oxygen atoms in total. The Morgan fingerprint density at radius 3 is 2.29 bits per heavy atom. The molecule has 0 N–H and O–H groups in total. The molecule has 0 amide bonds. The van der Waals surface area contributed by atoms with Crippen LogP contribution in [0.2, 0.25) is 0 Å². The molecule has 0 aliphatic rings. The van der Waals surface area contributed by atoms with Crippen LogP contribution < -0.4 is 10.4 Å². The van der Waals surface area contributed by atoms with Crippen molar-refractivity contribution >= 4 is 33.5 Å². The minimum Gasteiger partial charge on any atom is -0.264 e. The second-order valence-electron chi connectivity index (χ2n) is 7.63. The Morgan fingerprint density at radius 2 is 1.56 bits per heavy atom. The number of aryl methyl sites for hydroxylation is 2. The van der Waals surface area contributed by atoms with Crippen LogP contribution in [0.4, 0.5) is 0 Å². The predicted molar refractivity (Wildman–Crippen MR) is 141 cm³/mol. The van der Waals surface area contributed by atoms with Gasteiger partial charge in [-0.2, -0.15) is 0 Å². The molecule has 0 fully saturated rings. The van der Waals surface area contributed by atoms with Gasteiger partial charge in [-0.15, -0.1) is 0 Å². The molecular formula is C29H29N5. The fraction of sp³-hybridized carbons (Fsp3) is 0.138. The van der Waals surface area contributed by atoms with E-state index in [2.05, 4.69) is 37.6 Å². The molecule has 170 valence electrons. The van der Waals surface area contributed by atoms with Gasteiger partial charge in [-0.05, 0) is 85.8 Å². The standard InChI is InChI=1S/C11H13N.2C9H8N2/c1-4-9(3)11-8-12-7-6-10(11)5-2;1-7-9-6-10-4-2-8(9)3-5-11-7;1-7-4-6-10-8-3-2-5-11-9(7)8/h4-8H,1H2,2-3H3;2*2-6H,1H3/b10-5-,11-9-;;.